The van der Waals surface area contributed by atoms with Gasteiger partial charge in [0.05, 0.1) is 12.2 Å². The summed E-state index contributed by atoms with van der Waals surface area (Å²) in [5.41, 5.74) is 5.51. The maximum Gasteiger partial charge on any atom is 0.338 e. The van der Waals surface area contributed by atoms with E-state index in [1.807, 2.05) is 61.5 Å². The molecule has 5 aromatic rings. The van der Waals surface area contributed by atoms with Gasteiger partial charge in [0.1, 0.15) is 0 Å². The van der Waals surface area contributed by atoms with E-state index in [-0.39, 0.29) is 5.97 Å². The van der Waals surface area contributed by atoms with Crippen molar-refractivity contribution >= 4 is 11.5 Å². The molecule has 3 unspecified atom stereocenters. The van der Waals surface area contributed by atoms with E-state index in [1.165, 1.54) is 6.42 Å². The Morgan fingerprint density at radius 3 is 1.86 bits per heavy atom. The highest BCUT2D eigenvalue weighted by Crippen LogP contribution is 2.43. The third-order valence-electron chi connectivity index (χ3n) is 8.04. The molecule has 3 atom stereocenters. The first kappa shape index (κ1) is 25.8. The van der Waals surface area contributed by atoms with Crippen molar-refractivity contribution in [1.82, 2.24) is 20.4 Å². The number of carbonyl (C=O) groups is 1. The molecule has 0 saturated heterocycles. The lowest BCUT2D eigenvalue weighted by atomic mass is 9.95. The van der Waals surface area contributed by atoms with Crippen LogP contribution in [-0.4, -0.2) is 33.0 Å². The molecule has 208 valence electrons. The van der Waals surface area contributed by atoms with Crippen LogP contribution in [0.5, 0.6) is 0 Å². The van der Waals surface area contributed by atoms with E-state index < -0.39 is 0 Å². The number of esters is 1. The molecule has 2 aromatic heterocycles. The van der Waals surface area contributed by atoms with Crippen molar-refractivity contribution in [3.05, 3.63) is 103 Å². The van der Waals surface area contributed by atoms with Gasteiger partial charge in [-0.25, -0.2) is 4.79 Å². The lowest BCUT2D eigenvalue weighted by Crippen LogP contribution is -2.17. The molecule has 3 aromatic carbocycles. The SMILES string of the molecule is C=C(C)c1ccc(-c2nnc(-c3ccc(-c4nnc(-c5cccc(C(=O)OCC6CC7C=CC6C7)c5)o4)cc3)o2)cc1. The van der Waals surface area contributed by atoms with Gasteiger partial charge in [0.25, 0.3) is 0 Å². The van der Waals surface area contributed by atoms with Crippen molar-refractivity contribution in [2.45, 2.75) is 19.8 Å². The molecule has 1 saturated carbocycles. The van der Waals surface area contributed by atoms with Crippen molar-refractivity contribution < 1.29 is 18.4 Å². The Bertz CT molecular complexity index is 1800. The average molecular weight is 557 g/mol. The summed E-state index contributed by atoms with van der Waals surface area (Å²) in [5.74, 6) is 2.79. The van der Waals surface area contributed by atoms with Crippen molar-refractivity contribution in [3.63, 3.8) is 0 Å². The number of fused-ring (bicyclic) bond motifs is 2. The highest BCUT2D eigenvalue weighted by atomic mass is 16.5. The van der Waals surface area contributed by atoms with Gasteiger partial charge in [0.15, 0.2) is 0 Å². The highest BCUT2D eigenvalue weighted by Gasteiger charge is 2.36. The predicted octanol–water partition coefficient (Wildman–Crippen LogP) is 7.52. The van der Waals surface area contributed by atoms with Crippen LogP contribution in [0.4, 0.5) is 0 Å². The molecule has 2 aliphatic rings. The maximum atomic E-state index is 12.8. The molecular formula is C34H28N4O4. The van der Waals surface area contributed by atoms with Crippen LogP contribution in [0, 0.1) is 17.8 Å². The summed E-state index contributed by atoms with van der Waals surface area (Å²) in [6.45, 7) is 6.38. The molecule has 0 spiro atoms. The van der Waals surface area contributed by atoms with Crippen molar-refractivity contribution in [2.75, 3.05) is 6.61 Å². The Hall–Kier alpha value is -5.11. The van der Waals surface area contributed by atoms with Crippen LogP contribution in [0.1, 0.15) is 35.7 Å². The number of allylic oxidation sites excluding steroid dienone is 3. The third kappa shape index (κ3) is 5.07. The van der Waals surface area contributed by atoms with Gasteiger partial charge in [0, 0.05) is 22.3 Å². The van der Waals surface area contributed by atoms with Gasteiger partial charge in [-0.15, -0.1) is 20.4 Å². The molecule has 2 heterocycles. The molecule has 42 heavy (non-hydrogen) atoms. The number of rotatable bonds is 8. The van der Waals surface area contributed by atoms with Crippen LogP contribution in [0.25, 0.3) is 51.4 Å². The smallest absolute Gasteiger partial charge is 0.338 e. The summed E-state index contributed by atoms with van der Waals surface area (Å²) in [4.78, 5) is 12.8. The van der Waals surface area contributed by atoms with Crippen LogP contribution < -0.4 is 0 Å². The number of ether oxygens (including phenoxy) is 1. The van der Waals surface area contributed by atoms with E-state index in [9.17, 15) is 4.79 Å². The average Bonchev–Trinajstić information content (AvgIpc) is 3.85. The number of hydrogen-bond donors (Lipinski definition) is 0. The standard InChI is InChI=1S/C34H28N4O4/c1-20(2)22-8-10-23(11-9-22)30-35-36-31(41-30)24-12-14-25(15-13-24)32-37-38-33(42-32)27-4-3-5-28(18-27)34(39)40-19-29-17-21-6-7-26(29)16-21/h3-15,18,21,26,29H,1,16-17,19H2,2H3. The van der Waals surface area contributed by atoms with Gasteiger partial charge in [-0.3, -0.25) is 0 Å². The summed E-state index contributed by atoms with van der Waals surface area (Å²) >= 11 is 0. The summed E-state index contributed by atoms with van der Waals surface area (Å²) in [7, 11) is 0. The van der Waals surface area contributed by atoms with E-state index in [0.29, 0.717) is 59.1 Å². The number of benzene rings is 3. The topological polar surface area (TPSA) is 104 Å². The Kier molecular flexibility index (Phi) is 6.58. The molecule has 0 amide bonds. The van der Waals surface area contributed by atoms with Crippen LogP contribution in [0.15, 0.2) is 100 Å². The van der Waals surface area contributed by atoms with Crippen LogP contribution in [0.3, 0.4) is 0 Å². The summed E-state index contributed by atoms with van der Waals surface area (Å²) in [6.07, 6.45) is 6.83. The summed E-state index contributed by atoms with van der Waals surface area (Å²) in [5, 5.41) is 16.8. The molecule has 0 radical (unpaired) electrons. The second-order valence-electron chi connectivity index (χ2n) is 11.0. The highest BCUT2D eigenvalue weighted by molar-refractivity contribution is 5.90. The van der Waals surface area contributed by atoms with E-state index in [0.717, 1.165) is 34.2 Å². The molecule has 1 fully saturated rings. The zero-order valence-corrected chi connectivity index (χ0v) is 23.1. The number of aromatic nitrogens is 4. The molecule has 8 nitrogen and oxygen atoms in total. The third-order valence-corrected chi connectivity index (χ3v) is 8.04. The van der Waals surface area contributed by atoms with Gasteiger partial charge in [-0.05, 0) is 97.7 Å². The lowest BCUT2D eigenvalue weighted by molar-refractivity contribution is 0.0420. The molecule has 0 N–H and O–H groups in total. The first-order valence-corrected chi connectivity index (χ1v) is 14.0. The second-order valence-corrected chi connectivity index (χ2v) is 11.0. The Morgan fingerprint density at radius 1 is 0.762 bits per heavy atom. The van der Waals surface area contributed by atoms with Crippen molar-refractivity contribution in [2.24, 2.45) is 17.8 Å². The first-order chi connectivity index (χ1) is 20.5. The van der Waals surface area contributed by atoms with E-state index >= 15 is 0 Å². The minimum atomic E-state index is -0.341. The van der Waals surface area contributed by atoms with Crippen LogP contribution in [-0.2, 0) is 4.74 Å². The quantitative estimate of drug-likeness (QED) is 0.143. The second kappa shape index (κ2) is 10.7. The Labute approximate surface area is 242 Å². The van der Waals surface area contributed by atoms with Crippen LogP contribution >= 0.6 is 0 Å². The van der Waals surface area contributed by atoms with E-state index in [1.54, 1.807) is 18.2 Å². The van der Waals surface area contributed by atoms with Gasteiger partial charge in [0.2, 0.25) is 23.6 Å². The summed E-state index contributed by atoms with van der Waals surface area (Å²) < 4.78 is 17.5. The monoisotopic (exact) mass is 556 g/mol. The largest absolute Gasteiger partial charge is 0.462 e. The predicted molar refractivity (Wildman–Crippen MR) is 158 cm³/mol. The zero-order chi connectivity index (χ0) is 28.6. The van der Waals surface area contributed by atoms with Crippen molar-refractivity contribution in [3.8, 4) is 45.8 Å². The van der Waals surface area contributed by atoms with Gasteiger partial charge in [-0.1, -0.05) is 42.5 Å². The molecule has 2 aliphatic carbocycles. The van der Waals surface area contributed by atoms with Gasteiger partial charge < -0.3 is 13.6 Å². The van der Waals surface area contributed by atoms with Gasteiger partial charge in [-0.2, -0.15) is 0 Å². The Balaban J connectivity index is 1.02. The molecular weight excluding hydrogens is 528 g/mol. The van der Waals surface area contributed by atoms with Gasteiger partial charge >= 0.3 is 5.97 Å². The fourth-order valence-electron chi connectivity index (χ4n) is 5.70. The van der Waals surface area contributed by atoms with E-state index in [4.69, 9.17) is 13.6 Å². The molecule has 0 aliphatic heterocycles. The lowest BCUT2D eigenvalue weighted by Gasteiger charge is -2.17. The zero-order valence-electron chi connectivity index (χ0n) is 23.1. The number of nitrogens with zero attached hydrogens (tertiary/aromatic N) is 4. The first-order valence-electron chi connectivity index (χ1n) is 14.0. The van der Waals surface area contributed by atoms with E-state index in [2.05, 4.69) is 39.1 Å². The number of carbonyl (C=O) groups excluding carboxylic acids is 1. The maximum absolute atomic E-state index is 12.8. The molecule has 2 bridgehead atoms. The normalized spacial score (nSPS) is 18.8. The molecule has 7 rings (SSSR count). The number of hydrogen-bond acceptors (Lipinski definition) is 8. The van der Waals surface area contributed by atoms with Crippen molar-refractivity contribution in [1.29, 1.82) is 0 Å². The minimum Gasteiger partial charge on any atom is -0.462 e. The minimum absolute atomic E-state index is 0.321. The fourth-order valence-corrected chi connectivity index (χ4v) is 5.70. The van der Waals surface area contributed by atoms with Crippen LogP contribution in [0.2, 0.25) is 0 Å². The fraction of sp³-hybridized carbons (Fsp3) is 0.206. The Morgan fingerprint density at radius 2 is 1.33 bits per heavy atom. The summed E-state index contributed by atoms with van der Waals surface area (Å²) in [6, 6.07) is 22.4. The molecule has 8 heteroatoms.